The molecule has 0 unspecified atom stereocenters. The molecule has 2 rings (SSSR count). The molecule has 0 atom stereocenters. The highest BCUT2D eigenvalue weighted by molar-refractivity contribution is 7.99. The highest BCUT2D eigenvalue weighted by atomic mass is 32.2. The molecule has 0 aliphatic rings. The third kappa shape index (κ3) is 3.05. The van der Waals surface area contributed by atoms with Crippen molar-refractivity contribution in [1.29, 1.82) is 0 Å². The summed E-state index contributed by atoms with van der Waals surface area (Å²) in [4.78, 5) is 14.6. The van der Waals surface area contributed by atoms with E-state index >= 15 is 0 Å². The number of fused-ring (bicyclic) bond motifs is 1. The molecule has 1 heterocycles. The lowest BCUT2D eigenvalue weighted by Gasteiger charge is -1.99. The largest absolute Gasteiger partial charge is 0.350 e. The van der Waals surface area contributed by atoms with Crippen molar-refractivity contribution in [3.8, 4) is 12.3 Å². The van der Waals surface area contributed by atoms with Gasteiger partial charge in [-0.25, -0.2) is 0 Å². The van der Waals surface area contributed by atoms with Crippen LogP contribution in [0.25, 0.3) is 10.9 Å². The van der Waals surface area contributed by atoms with Gasteiger partial charge in [-0.3, -0.25) is 4.79 Å². The standard InChI is InChI=1S/C13H12N2OS/c1-2-7-14-12(16)9-17-13-8-10-5-3-4-6-11(10)15-13/h1,3-6,8,15H,7,9H2,(H,14,16). The van der Waals surface area contributed by atoms with Crippen LogP contribution >= 0.6 is 11.8 Å². The number of H-pyrrole nitrogens is 1. The van der Waals surface area contributed by atoms with Gasteiger partial charge in [-0.1, -0.05) is 35.9 Å². The topological polar surface area (TPSA) is 44.9 Å². The molecule has 0 saturated carbocycles. The van der Waals surface area contributed by atoms with Gasteiger partial charge in [0.1, 0.15) is 0 Å². The fraction of sp³-hybridized carbons (Fsp3) is 0.154. The van der Waals surface area contributed by atoms with Crippen molar-refractivity contribution in [3.05, 3.63) is 30.3 Å². The lowest BCUT2D eigenvalue weighted by molar-refractivity contribution is -0.118. The van der Waals surface area contributed by atoms with E-state index in [1.165, 1.54) is 11.8 Å². The minimum Gasteiger partial charge on any atom is -0.350 e. The molecule has 4 heteroatoms. The van der Waals surface area contributed by atoms with Gasteiger partial charge in [0.25, 0.3) is 0 Å². The molecule has 0 aliphatic heterocycles. The zero-order valence-corrected chi connectivity index (χ0v) is 10.0. The number of benzene rings is 1. The molecule has 2 aromatic rings. The van der Waals surface area contributed by atoms with Gasteiger partial charge in [0.2, 0.25) is 5.91 Å². The van der Waals surface area contributed by atoms with E-state index in [0.29, 0.717) is 5.75 Å². The highest BCUT2D eigenvalue weighted by Gasteiger charge is 2.04. The smallest absolute Gasteiger partial charge is 0.231 e. The third-order valence-electron chi connectivity index (χ3n) is 2.25. The second-order valence-electron chi connectivity index (χ2n) is 3.49. The van der Waals surface area contributed by atoms with Crippen LogP contribution in [0.3, 0.4) is 0 Å². The normalized spacial score (nSPS) is 10.1. The average Bonchev–Trinajstić information content (AvgIpc) is 2.76. The van der Waals surface area contributed by atoms with Crippen LogP contribution in [0.4, 0.5) is 0 Å². The Labute approximate surface area is 104 Å². The first kappa shape index (κ1) is 11.6. The lowest BCUT2D eigenvalue weighted by atomic mass is 10.3. The second-order valence-corrected chi connectivity index (χ2v) is 4.51. The van der Waals surface area contributed by atoms with Crippen LogP contribution < -0.4 is 5.32 Å². The number of carbonyl (C=O) groups is 1. The summed E-state index contributed by atoms with van der Waals surface area (Å²) in [6, 6.07) is 10.1. The summed E-state index contributed by atoms with van der Waals surface area (Å²) in [6.07, 6.45) is 5.06. The van der Waals surface area contributed by atoms with Gasteiger partial charge < -0.3 is 10.3 Å². The predicted molar refractivity (Wildman–Crippen MR) is 70.9 cm³/mol. The Balaban J connectivity index is 1.95. The molecule has 17 heavy (non-hydrogen) atoms. The zero-order chi connectivity index (χ0) is 12.1. The van der Waals surface area contributed by atoms with E-state index in [-0.39, 0.29) is 12.5 Å². The number of carbonyl (C=O) groups excluding carboxylic acids is 1. The Bertz CT molecular complexity index is 535. The first-order chi connectivity index (χ1) is 8.29. The van der Waals surface area contributed by atoms with Crippen molar-refractivity contribution in [2.75, 3.05) is 12.3 Å². The van der Waals surface area contributed by atoms with Gasteiger partial charge in [0, 0.05) is 10.9 Å². The Morgan fingerprint density at radius 1 is 1.47 bits per heavy atom. The molecule has 0 fully saturated rings. The van der Waals surface area contributed by atoms with E-state index in [1.807, 2.05) is 30.3 Å². The van der Waals surface area contributed by atoms with E-state index in [2.05, 4.69) is 16.2 Å². The van der Waals surface area contributed by atoms with Crippen LogP contribution in [0.1, 0.15) is 0 Å². The van der Waals surface area contributed by atoms with Crippen molar-refractivity contribution < 1.29 is 4.79 Å². The molecule has 0 aliphatic carbocycles. The fourth-order valence-electron chi connectivity index (χ4n) is 1.47. The second kappa shape index (κ2) is 5.46. The number of rotatable bonds is 4. The minimum absolute atomic E-state index is 0.0494. The quantitative estimate of drug-likeness (QED) is 0.638. The molecule has 1 amide bonds. The van der Waals surface area contributed by atoms with Gasteiger partial charge in [-0.15, -0.1) is 6.42 Å². The molecule has 1 aromatic carbocycles. The van der Waals surface area contributed by atoms with Crippen molar-refractivity contribution in [1.82, 2.24) is 10.3 Å². The van der Waals surface area contributed by atoms with Crippen molar-refractivity contribution in [2.24, 2.45) is 0 Å². The number of amides is 1. The molecule has 0 saturated heterocycles. The first-order valence-electron chi connectivity index (χ1n) is 5.20. The summed E-state index contributed by atoms with van der Waals surface area (Å²) in [5, 5.41) is 4.77. The van der Waals surface area contributed by atoms with Gasteiger partial charge in [-0.2, -0.15) is 0 Å². The van der Waals surface area contributed by atoms with E-state index in [9.17, 15) is 4.79 Å². The number of hydrogen-bond acceptors (Lipinski definition) is 2. The predicted octanol–water partition coefficient (Wildman–Crippen LogP) is 2.01. The number of terminal acetylenes is 1. The van der Waals surface area contributed by atoms with E-state index < -0.39 is 0 Å². The van der Waals surface area contributed by atoms with Gasteiger partial charge in [0.05, 0.1) is 17.3 Å². The molecule has 86 valence electrons. The third-order valence-corrected chi connectivity index (χ3v) is 3.19. The molecule has 0 spiro atoms. The Morgan fingerprint density at radius 2 is 2.29 bits per heavy atom. The number of para-hydroxylation sites is 1. The van der Waals surface area contributed by atoms with E-state index in [1.54, 1.807) is 0 Å². The molecular formula is C13H12N2OS. The summed E-state index contributed by atoms with van der Waals surface area (Å²) >= 11 is 1.47. The first-order valence-corrected chi connectivity index (χ1v) is 6.19. The monoisotopic (exact) mass is 244 g/mol. The molecule has 2 N–H and O–H groups in total. The summed E-state index contributed by atoms with van der Waals surface area (Å²) in [5.41, 5.74) is 1.08. The van der Waals surface area contributed by atoms with Crippen LogP contribution in [0.2, 0.25) is 0 Å². The van der Waals surface area contributed by atoms with Crippen molar-refractivity contribution in [2.45, 2.75) is 5.03 Å². The van der Waals surface area contributed by atoms with Crippen LogP contribution in [-0.2, 0) is 4.79 Å². The molecular weight excluding hydrogens is 232 g/mol. The summed E-state index contributed by atoms with van der Waals surface area (Å²) < 4.78 is 0. The van der Waals surface area contributed by atoms with Gasteiger partial charge in [-0.05, 0) is 12.1 Å². The number of hydrogen-bond donors (Lipinski definition) is 2. The minimum atomic E-state index is -0.0494. The Hall–Kier alpha value is -1.86. The van der Waals surface area contributed by atoms with Crippen LogP contribution in [0, 0.1) is 12.3 Å². The number of aromatic nitrogens is 1. The number of aromatic amines is 1. The Kier molecular flexibility index (Phi) is 3.73. The van der Waals surface area contributed by atoms with Crippen molar-refractivity contribution >= 4 is 28.6 Å². The number of nitrogens with one attached hydrogen (secondary N) is 2. The van der Waals surface area contributed by atoms with Crippen LogP contribution in [0.5, 0.6) is 0 Å². The lowest BCUT2D eigenvalue weighted by Crippen LogP contribution is -2.25. The van der Waals surface area contributed by atoms with Crippen molar-refractivity contribution in [3.63, 3.8) is 0 Å². The van der Waals surface area contributed by atoms with E-state index in [0.717, 1.165) is 15.9 Å². The molecule has 0 bridgehead atoms. The maximum absolute atomic E-state index is 11.3. The van der Waals surface area contributed by atoms with Crippen LogP contribution in [0.15, 0.2) is 35.4 Å². The molecule has 0 radical (unpaired) electrons. The van der Waals surface area contributed by atoms with Gasteiger partial charge in [0.15, 0.2) is 0 Å². The summed E-state index contributed by atoms with van der Waals surface area (Å²) in [6.45, 7) is 0.284. The fourth-order valence-corrected chi connectivity index (χ4v) is 2.25. The molecule has 3 nitrogen and oxygen atoms in total. The average molecular weight is 244 g/mol. The highest BCUT2D eigenvalue weighted by Crippen LogP contribution is 2.22. The summed E-state index contributed by atoms with van der Waals surface area (Å²) in [5.74, 6) is 2.69. The maximum Gasteiger partial charge on any atom is 0.231 e. The number of thioether (sulfide) groups is 1. The SMILES string of the molecule is C#CCNC(=O)CSc1cc2ccccc2[nH]1. The Morgan fingerprint density at radius 3 is 3.06 bits per heavy atom. The van der Waals surface area contributed by atoms with Gasteiger partial charge >= 0.3 is 0 Å². The van der Waals surface area contributed by atoms with Crippen LogP contribution in [-0.4, -0.2) is 23.2 Å². The molecule has 1 aromatic heterocycles. The van der Waals surface area contributed by atoms with E-state index in [4.69, 9.17) is 6.42 Å². The summed E-state index contributed by atoms with van der Waals surface area (Å²) in [7, 11) is 0. The maximum atomic E-state index is 11.3. The zero-order valence-electron chi connectivity index (χ0n) is 9.19.